The highest BCUT2D eigenvalue weighted by Crippen LogP contribution is 2.44. The van der Waals surface area contributed by atoms with Crippen LogP contribution in [-0.2, 0) is 6.54 Å². The molecule has 3 aromatic rings. The van der Waals surface area contributed by atoms with Gasteiger partial charge < -0.3 is 9.84 Å². The molecule has 1 spiro atoms. The van der Waals surface area contributed by atoms with Crippen LogP contribution >= 0.6 is 11.3 Å². The van der Waals surface area contributed by atoms with Gasteiger partial charge in [-0.15, -0.1) is 11.3 Å². The van der Waals surface area contributed by atoms with E-state index in [4.69, 9.17) is 9.73 Å². The minimum absolute atomic E-state index is 0.123. The number of likely N-dealkylation sites (tertiary alicyclic amines) is 1. The number of hydrogen-bond donors (Lipinski definition) is 2. The van der Waals surface area contributed by atoms with Gasteiger partial charge in [0.25, 0.3) is 0 Å². The number of aliphatic imine (C=N–C) groups is 1. The summed E-state index contributed by atoms with van der Waals surface area (Å²) in [5.41, 5.74) is 2.27. The first-order valence-electron chi connectivity index (χ1n) is 15.4. The number of amidine groups is 1. The summed E-state index contributed by atoms with van der Waals surface area (Å²) in [5, 5.41) is 12.8. The minimum Gasteiger partial charge on any atom is -0.491 e. The maximum Gasteiger partial charge on any atom is 0.345 e. The molecule has 0 atom stereocenters. The van der Waals surface area contributed by atoms with Crippen molar-refractivity contribution in [2.24, 2.45) is 4.99 Å². The van der Waals surface area contributed by atoms with E-state index in [-0.39, 0.29) is 23.1 Å². The van der Waals surface area contributed by atoms with Gasteiger partial charge in [-0.2, -0.15) is 0 Å². The molecule has 2 aromatic carbocycles. The van der Waals surface area contributed by atoms with Gasteiger partial charge in [0.05, 0.1) is 17.8 Å². The van der Waals surface area contributed by atoms with Crippen molar-refractivity contribution in [2.45, 2.75) is 83.0 Å². The second kappa shape index (κ2) is 12.5. The molecule has 1 aliphatic carbocycles. The number of aromatic carboxylic acids is 1. The lowest BCUT2D eigenvalue weighted by Gasteiger charge is -2.44. The fourth-order valence-corrected chi connectivity index (χ4v) is 7.60. The lowest BCUT2D eigenvalue weighted by atomic mass is 9.84. The highest BCUT2D eigenvalue weighted by molar-refractivity contribution is 7.17. The Morgan fingerprint density at radius 2 is 1.84 bits per heavy atom. The molecule has 3 fully saturated rings. The van der Waals surface area contributed by atoms with Crippen molar-refractivity contribution in [1.29, 1.82) is 0 Å². The molecular formula is C34H40N4O4S. The number of urea groups is 1. The molecule has 3 aliphatic rings. The van der Waals surface area contributed by atoms with Crippen LogP contribution in [0.4, 0.5) is 10.5 Å². The van der Waals surface area contributed by atoms with Gasteiger partial charge in [-0.05, 0) is 75.4 Å². The van der Waals surface area contributed by atoms with Gasteiger partial charge in [-0.3, -0.25) is 20.1 Å². The lowest BCUT2D eigenvalue weighted by Crippen LogP contribution is -2.57. The van der Waals surface area contributed by atoms with Gasteiger partial charge in [0.1, 0.15) is 22.0 Å². The number of rotatable bonds is 8. The Balaban J connectivity index is 1.32. The van der Waals surface area contributed by atoms with Crippen molar-refractivity contribution in [3.8, 4) is 16.2 Å². The van der Waals surface area contributed by atoms with Crippen LogP contribution in [0.2, 0.25) is 0 Å². The number of carboxylic acid groups (broad SMARTS) is 1. The molecule has 8 nitrogen and oxygen atoms in total. The van der Waals surface area contributed by atoms with Crippen molar-refractivity contribution in [2.75, 3.05) is 18.0 Å². The summed E-state index contributed by atoms with van der Waals surface area (Å²) in [7, 11) is 0. The Morgan fingerprint density at radius 1 is 1.07 bits per heavy atom. The standard InChI is InChI=1S/C34H40N4O4S/c1-23(2)42-26-12-8-9-24(21-26)22-37-19-17-34(18-20-37)32(35-25-10-4-3-5-11-25)36-33(41)38(34)28-14-7-6-13-27(28)29-15-16-30(43-29)31(39)40/h6-9,12-16,21,23,25H,3-5,10-11,17-20,22H2,1-2H3,(H,39,40)(H,35,36,41). The molecule has 2 amide bonds. The third-order valence-corrected chi connectivity index (χ3v) is 9.88. The number of para-hydroxylation sites is 1. The van der Waals surface area contributed by atoms with Crippen LogP contribution in [0.15, 0.2) is 65.7 Å². The van der Waals surface area contributed by atoms with Crippen LogP contribution in [-0.4, -0.2) is 58.6 Å². The summed E-state index contributed by atoms with van der Waals surface area (Å²) in [6.45, 7) is 6.51. The molecule has 1 saturated carbocycles. The predicted molar refractivity (Wildman–Crippen MR) is 171 cm³/mol. The van der Waals surface area contributed by atoms with Crippen molar-refractivity contribution >= 4 is 34.9 Å². The molecule has 0 bridgehead atoms. The van der Waals surface area contributed by atoms with Crippen molar-refractivity contribution in [3.63, 3.8) is 0 Å². The van der Waals surface area contributed by atoms with Crippen LogP contribution in [0.5, 0.6) is 5.75 Å². The number of hydrogen-bond acceptors (Lipinski definition) is 6. The number of carboxylic acids is 1. The number of benzene rings is 2. The Bertz CT molecular complexity index is 1500. The largest absolute Gasteiger partial charge is 0.491 e. The third-order valence-electron chi connectivity index (χ3n) is 8.77. The van der Waals surface area contributed by atoms with Gasteiger partial charge in [0, 0.05) is 30.1 Å². The molecule has 2 N–H and O–H groups in total. The summed E-state index contributed by atoms with van der Waals surface area (Å²) >= 11 is 1.23. The number of nitrogens with one attached hydrogen (secondary N) is 1. The molecule has 1 aromatic heterocycles. The molecular weight excluding hydrogens is 560 g/mol. The van der Waals surface area contributed by atoms with Crippen molar-refractivity contribution < 1.29 is 19.4 Å². The first kappa shape index (κ1) is 29.4. The van der Waals surface area contributed by atoms with Crippen molar-refractivity contribution in [3.05, 3.63) is 71.1 Å². The second-order valence-electron chi connectivity index (χ2n) is 12.1. The van der Waals surface area contributed by atoms with Gasteiger partial charge >= 0.3 is 12.0 Å². The molecule has 9 heteroatoms. The number of ether oxygens (including phenoxy) is 1. The molecule has 0 radical (unpaired) electrons. The number of carbonyl (C=O) groups is 2. The van der Waals surface area contributed by atoms with Gasteiger partial charge in [-0.1, -0.05) is 49.6 Å². The van der Waals surface area contributed by atoms with E-state index >= 15 is 0 Å². The van der Waals surface area contributed by atoms with Crippen molar-refractivity contribution in [1.82, 2.24) is 10.2 Å². The van der Waals surface area contributed by atoms with E-state index in [1.807, 2.05) is 61.2 Å². The Kier molecular flexibility index (Phi) is 8.54. The van der Waals surface area contributed by atoms with Gasteiger partial charge in [0.2, 0.25) is 0 Å². The molecule has 6 rings (SSSR count). The average Bonchev–Trinajstić information content (AvgIpc) is 3.58. The Labute approximate surface area is 257 Å². The molecule has 3 heterocycles. The summed E-state index contributed by atoms with van der Waals surface area (Å²) in [4.78, 5) is 36.3. The Morgan fingerprint density at radius 3 is 2.56 bits per heavy atom. The quantitative estimate of drug-likeness (QED) is 0.285. The van der Waals surface area contributed by atoms with E-state index in [1.165, 1.54) is 36.2 Å². The Hall–Kier alpha value is -3.69. The van der Waals surface area contributed by atoms with Gasteiger partial charge in [0.15, 0.2) is 0 Å². The molecule has 2 saturated heterocycles. The zero-order valence-corrected chi connectivity index (χ0v) is 25.7. The highest BCUT2D eigenvalue weighted by Gasteiger charge is 2.53. The summed E-state index contributed by atoms with van der Waals surface area (Å²) < 4.78 is 5.93. The maximum absolute atomic E-state index is 13.9. The number of carbonyl (C=O) groups excluding carboxylic acids is 1. The average molecular weight is 601 g/mol. The first-order chi connectivity index (χ1) is 20.8. The molecule has 2 aliphatic heterocycles. The number of nitrogens with zero attached hydrogens (tertiary/aromatic N) is 3. The SMILES string of the molecule is CC(C)Oc1cccc(CN2CCC3(CC2)C(=NC2CCCCC2)NC(=O)N3c2ccccc2-c2ccc(C(=O)O)s2)c1. The monoisotopic (exact) mass is 600 g/mol. The maximum atomic E-state index is 13.9. The topological polar surface area (TPSA) is 94.5 Å². The van der Waals surface area contributed by atoms with Crippen LogP contribution in [0.1, 0.15) is 74.0 Å². The summed E-state index contributed by atoms with van der Waals surface area (Å²) in [5.74, 6) is 0.735. The lowest BCUT2D eigenvalue weighted by molar-refractivity contribution is 0.0702. The van der Waals surface area contributed by atoms with Gasteiger partial charge in [-0.25, -0.2) is 9.59 Å². The summed E-state index contributed by atoms with van der Waals surface area (Å²) in [6, 6.07) is 19.7. The van der Waals surface area contributed by atoms with E-state index in [0.717, 1.165) is 73.0 Å². The van der Waals surface area contributed by atoms with E-state index in [9.17, 15) is 14.7 Å². The number of piperidine rings is 1. The zero-order valence-electron chi connectivity index (χ0n) is 24.9. The molecule has 226 valence electrons. The molecule has 0 unspecified atom stereocenters. The van der Waals surface area contributed by atoms with Crippen LogP contribution in [0.3, 0.4) is 0 Å². The number of thiophene rings is 1. The number of amides is 2. The van der Waals surface area contributed by atoms with E-state index in [1.54, 1.807) is 6.07 Å². The van der Waals surface area contributed by atoms with Crippen LogP contribution in [0.25, 0.3) is 10.4 Å². The highest BCUT2D eigenvalue weighted by atomic mass is 32.1. The van der Waals surface area contributed by atoms with Crippen LogP contribution < -0.4 is 15.0 Å². The van der Waals surface area contributed by atoms with Crippen LogP contribution in [0, 0.1) is 0 Å². The smallest absolute Gasteiger partial charge is 0.345 e. The van der Waals surface area contributed by atoms with E-state index in [2.05, 4.69) is 22.3 Å². The molecule has 43 heavy (non-hydrogen) atoms. The third kappa shape index (κ3) is 6.19. The minimum atomic E-state index is -0.945. The normalized spacial score (nSPS) is 20.2. The zero-order chi connectivity index (χ0) is 30.0. The predicted octanol–water partition coefficient (Wildman–Crippen LogP) is 7.20. The fourth-order valence-electron chi connectivity index (χ4n) is 6.72. The number of anilines is 1. The fraction of sp³-hybridized carbons (Fsp3) is 0.441. The van der Waals surface area contributed by atoms with E-state index < -0.39 is 11.5 Å². The first-order valence-corrected chi connectivity index (χ1v) is 16.2. The second-order valence-corrected chi connectivity index (χ2v) is 13.2. The summed E-state index contributed by atoms with van der Waals surface area (Å²) in [6.07, 6.45) is 7.32. The van der Waals surface area contributed by atoms with E-state index in [0.29, 0.717) is 0 Å².